The highest BCUT2D eigenvalue weighted by Crippen LogP contribution is 2.44. The maximum Gasteiger partial charge on any atom is 0.295 e. The number of carbonyl (C=O) groups is 1. The van der Waals surface area contributed by atoms with Crippen LogP contribution in [0.15, 0.2) is 89.6 Å². The molecule has 16 nitrogen and oxygen atoms in total. The molecule has 3 aliphatic heterocycles. The van der Waals surface area contributed by atoms with E-state index >= 15 is 0 Å². The van der Waals surface area contributed by atoms with Gasteiger partial charge in [0.25, 0.3) is 21.6 Å². The Kier molecular flexibility index (Phi) is 12.5. The Morgan fingerprint density at radius 1 is 0.985 bits per heavy atom. The molecule has 1 amide bonds. The SMILES string of the molecule is CN1CCN(C[C@H]2CNc3cc(S(=O)(=O)NC(=O)c4ccc(N5CCN(CC6=C(c7ccc(Cl)cc7)CC(C)(C)CC6)CC5)cc4Oc4cnc5[nH]ccc5c4)cc([N+](=O)[O-])c3N2)CC1. The van der Waals surface area contributed by atoms with Gasteiger partial charge in [-0.2, -0.15) is 0 Å². The molecular formula is C47H55ClN10O6S. The summed E-state index contributed by atoms with van der Waals surface area (Å²) in [6.07, 6.45) is 6.49. The van der Waals surface area contributed by atoms with Gasteiger partial charge in [-0.1, -0.05) is 43.2 Å². The number of hydrogen-bond acceptors (Lipinski definition) is 13. The first-order chi connectivity index (χ1) is 31.2. The van der Waals surface area contributed by atoms with Gasteiger partial charge in [0, 0.05) is 106 Å². The van der Waals surface area contributed by atoms with Gasteiger partial charge in [0.05, 0.1) is 33.3 Å². The molecule has 0 saturated carbocycles. The molecule has 65 heavy (non-hydrogen) atoms. The summed E-state index contributed by atoms with van der Waals surface area (Å²) in [4.78, 5) is 42.2. The highest BCUT2D eigenvalue weighted by Gasteiger charge is 2.33. The van der Waals surface area contributed by atoms with Gasteiger partial charge >= 0.3 is 0 Å². The van der Waals surface area contributed by atoms with E-state index < -0.39 is 31.4 Å². The summed E-state index contributed by atoms with van der Waals surface area (Å²) < 4.78 is 36.4. The third kappa shape index (κ3) is 10.1. The molecule has 0 radical (unpaired) electrons. The molecule has 342 valence electrons. The first-order valence-corrected chi connectivity index (χ1v) is 24.0. The minimum atomic E-state index is -4.61. The lowest BCUT2D eigenvalue weighted by Gasteiger charge is -2.39. The normalized spacial score (nSPS) is 19.6. The number of aromatic amines is 1. The van der Waals surface area contributed by atoms with Crippen molar-refractivity contribution in [3.8, 4) is 11.5 Å². The number of rotatable bonds is 12. The summed E-state index contributed by atoms with van der Waals surface area (Å²) >= 11 is 6.25. The molecule has 0 unspecified atom stereocenters. The van der Waals surface area contributed by atoms with E-state index in [2.05, 4.69) is 78.0 Å². The average Bonchev–Trinajstić information content (AvgIpc) is 3.76. The Bertz CT molecular complexity index is 2750. The van der Waals surface area contributed by atoms with E-state index in [1.54, 1.807) is 30.5 Å². The molecule has 2 aromatic heterocycles. The van der Waals surface area contributed by atoms with Crippen LogP contribution in [0.2, 0.25) is 5.02 Å². The van der Waals surface area contributed by atoms with Crippen molar-refractivity contribution in [2.45, 2.75) is 44.0 Å². The molecule has 5 heterocycles. The van der Waals surface area contributed by atoms with Crippen LogP contribution in [0.5, 0.6) is 11.5 Å². The van der Waals surface area contributed by atoms with Gasteiger partial charge < -0.3 is 30.2 Å². The second-order valence-electron chi connectivity index (χ2n) is 18.4. The number of fused-ring (bicyclic) bond motifs is 2. The molecule has 4 N–H and O–H groups in total. The van der Waals surface area contributed by atoms with Crippen molar-refractivity contribution in [3.63, 3.8) is 0 Å². The molecule has 0 spiro atoms. The smallest absolute Gasteiger partial charge is 0.295 e. The molecule has 1 atom stereocenters. The Morgan fingerprint density at radius 3 is 2.49 bits per heavy atom. The van der Waals surface area contributed by atoms with E-state index in [4.69, 9.17) is 16.3 Å². The largest absolute Gasteiger partial charge is 0.455 e. The van der Waals surface area contributed by atoms with E-state index in [1.807, 2.05) is 18.2 Å². The molecule has 4 aliphatic rings. The number of allylic oxidation sites excluding steroid dienone is 1. The van der Waals surface area contributed by atoms with E-state index in [0.717, 1.165) is 100 Å². The second kappa shape index (κ2) is 18.3. The van der Waals surface area contributed by atoms with Crippen molar-refractivity contribution in [1.82, 2.24) is 29.4 Å². The Balaban J connectivity index is 0.933. The minimum Gasteiger partial charge on any atom is -0.455 e. The summed E-state index contributed by atoms with van der Waals surface area (Å²) in [6, 6.07) is 19.1. The van der Waals surface area contributed by atoms with Crippen LogP contribution in [-0.4, -0.2) is 129 Å². The fourth-order valence-corrected chi connectivity index (χ4v) is 10.5. The molecule has 2 saturated heterocycles. The van der Waals surface area contributed by atoms with Crippen LogP contribution in [0.25, 0.3) is 16.6 Å². The number of nitrogens with one attached hydrogen (secondary N) is 4. The Hall–Kier alpha value is -5.72. The summed E-state index contributed by atoms with van der Waals surface area (Å²) in [6.45, 7) is 13.4. The van der Waals surface area contributed by atoms with Crippen molar-refractivity contribution in [3.05, 3.63) is 111 Å². The van der Waals surface area contributed by atoms with Crippen LogP contribution in [0.4, 0.5) is 22.7 Å². The number of aromatic nitrogens is 2. The predicted octanol–water partition coefficient (Wildman–Crippen LogP) is 7.27. The van der Waals surface area contributed by atoms with Crippen LogP contribution in [0.3, 0.4) is 0 Å². The molecule has 5 aromatic rings. The number of carbonyl (C=O) groups excluding carboxylic acids is 1. The van der Waals surface area contributed by atoms with Crippen molar-refractivity contribution < 1.29 is 22.9 Å². The minimum absolute atomic E-state index is 0.0361. The van der Waals surface area contributed by atoms with E-state index in [1.165, 1.54) is 29.0 Å². The van der Waals surface area contributed by atoms with Gasteiger partial charge in [0.1, 0.15) is 22.8 Å². The maximum atomic E-state index is 14.1. The summed E-state index contributed by atoms with van der Waals surface area (Å²) in [5, 5.41) is 20.4. The highest BCUT2D eigenvalue weighted by molar-refractivity contribution is 7.90. The van der Waals surface area contributed by atoms with Gasteiger partial charge in [-0.3, -0.25) is 24.7 Å². The summed E-state index contributed by atoms with van der Waals surface area (Å²) in [5.41, 5.74) is 5.84. The zero-order chi connectivity index (χ0) is 45.5. The number of pyridine rings is 1. The molecule has 3 aromatic carbocycles. The van der Waals surface area contributed by atoms with Crippen LogP contribution in [-0.2, 0) is 10.0 Å². The van der Waals surface area contributed by atoms with Gasteiger partial charge in [-0.05, 0) is 85.3 Å². The van der Waals surface area contributed by atoms with E-state index in [0.29, 0.717) is 24.5 Å². The van der Waals surface area contributed by atoms with Crippen LogP contribution in [0, 0.1) is 15.5 Å². The lowest BCUT2D eigenvalue weighted by molar-refractivity contribution is -0.384. The third-order valence-corrected chi connectivity index (χ3v) is 14.7. The number of anilines is 3. The summed E-state index contributed by atoms with van der Waals surface area (Å²) in [5.74, 6) is -0.469. The number of sulfonamides is 1. The molecule has 0 bridgehead atoms. The van der Waals surface area contributed by atoms with Crippen molar-refractivity contribution >= 4 is 66.9 Å². The quantitative estimate of drug-likeness (QED) is 0.0725. The van der Waals surface area contributed by atoms with Crippen LogP contribution in [0.1, 0.15) is 49.0 Å². The number of likely N-dealkylation sites (N-methyl/N-ethyl adjacent to an activating group) is 1. The standard InChI is InChI=1S/C47H55ClN10O6S/c1-47(2)12-10-33(40(26-47)31-4-6-34(48)7-5-31)29-55-18-20-57(21-19-55)36-8-9-39(43(23-36)64-37-22-32-11-13-49-45(32)51-28-37)46(59)53-65(62,63)38-24-41-44(42(25-38)58(60)61)52-35(27-50-41)30-56-16-14-54(3)15-17-56/h4-9,11,13,22-25,28,35,50,52H,10,12,14-21,26-27,29-30H2,1-3H3,(H,49,51)(H,53,59)/t35-/m1/s1. The number of benzene rings is 3. The van der Waals surface area contributed by atoms with Crippen molar-refractivity contribution in [2.75, 3.05) is 94.6 Å². The second-order valence-corrected chi connectivity index (χ2v) is 20.6. The van der Waals surface area contributed by atoms with Gasteiger partial charge in [0.15, 0.2) is 0 Å². The molecule has 18 heteroatoms. The number of hydrogen-bond donors (Lipinski definition) is 4. The van der Waals surface area contributed by atoms with Crippen LogP contribution >= 0.6 is 11.6 Å². The average molecular weight is 924 g/mol. The summed E-state index contributed by atoms with van der Waals surface area (Å²) in [7, 11) is -2.53. The maximum absolute atomic E-state index is 14.1. The number of nitro groups is 1. The monoisotopic (exact) mass is 922 g/mol. The number of amides is 1. The zero-order valence-corrected chi connectivity index (χ0v) is 38.5. The van der Waals surface area contributed by atoms with E-state index in [9.17, 15) is 23.3 Å². The Morgan fingerprint density at radius 2 is 1.74 bits per heavy atom. The fraction of sp³-hybridized carbons (Fsp3) is 0.404. The lowest BCUT2D eigenvalue weighted by Crippen LogP contribution is -2.50. The van der Waals surface area contributed by atoms with Gasteiger partial charge in [0.2, 0.25) is 0 Å². The van der Waals surface area contributed by atoms with Crippen molar-refractivity contribution in [1.29, 1.82) is 0 Å². The van der Waals surface area contributed by atoms with Gasteiger partial charge in [-0.25, -0.2) is 18.1 Å². The third-order valence-electron chi connectivity index (χ3n) is 13.1. The van der Waals surface area contributed by atoms with E-state index in [-0.39, 0.29) is 34.1 Å². The lowest BCUT2D eigenvalue weighted by atomic mass is 9.72. The number of nitrogens with zero attached hydrogens (tertiary/aromatic N) is 6. The molecule has 1 aliphatic carbocycles. The molecule has 9 rings (SSSR count). The van der Waals surface area contributed by atoms with Crippen LogP contribution < -0.4 is 25.0 Å². The first-order valence-electron chi connectivity index (χ1n) is 22.2. The number of halogens is 1. The molecular weight excluding hydrogens is 868 g/mol. The number of nitro benzene ring substituents is 1. The number of ether oxygens (including phenoxy) is 1. The zero-order valence-electron chi connectivity index (χ0n) is 36.9. The first kappa shape index (κ1) is 44.5. The Labute approximate surface area is 384 Å². The number of H-pyrrole nitrogens is 1. The number of piperazine rings is 2. The molecule has 2 fully saturated rings. The highest BCUT2D eigenvalue weighted by atomic mass is 35.5. The fourth-order valence-electron chi connectivity index (χ4n) is 9.35. The topological polar surface area (TPSA) is 181 Å². The predicted molar refractivity (Wildman–Crippen MR) is 255 cm³/mol. The van der Waals surface area contributed by atoms with Gasteiger partial charge in [-0.15, -0.1) is 0 Å². The van der Waals surface area contributed by atoms with Crippen molar-refractivity contribution in [2.24, 2.45) is 5.41 Å².